The molecule has 0 aliphatic carbocycles. The first kappa shape index (κ1) is 22.7. The van der Waals surface area contributed by atoms with Crippen molar-refractivity contribution in [3.63, 3.8) is 0 Å². The number of nitrogens with zero attached hydrogens (tertiary/aromatic N) is 3. The number of amidine groups is 1. The molecule has 0 spiro atoms. The number of thiazole rings is 1. The summed E-state index contributed by atoms with van der Waals surface area (Å²) in [7, 11) is 0. The fourth-order valence-corrected chi connectivity index (χ4v) is 3.98. The maximum absolute atomic E-state index is 5.79. The summed E-state index contributed by atoms with van der Waals surface area (Å²) >= 11 is 1.59. The van der Waals surface area contributed by atoms with Gasteiger partial charge in [0.1, 0.15) is 5.75 Å². The van der Waals surface area contributed by atoms with Gasteiger partial charge in [0.05, 0.1) is 28.7 Å². The molecule has 4 rings (SSSR count). The number of hydrogen-bond donors (Lipinski definition) is 1. The number of ether oxygens (including phenoxy) is 1. The number of para-hydroxylation sites is 1. The van der Waals surface area contributed by atoms with E-state index in [1.807, 2.05) is 66.7 Å². The summed E-state index contributed by atoms with van der Waals surface area (Å²) in [6.45, 7) is 7.18. The topological polar surface area (TPSA) is 58.9 Å². The van der Waals surface area contributed by atoms with E-state index < -0.39 is 0 Å². The minimum absolute atomic E-state index is 0.616. The van der Waals surface area contributed by atoms with Gasteiger partial charge >= 0.3 is 0 Å². The zero-order valence-corrected chi connectivity index (χ0v) is 20.0. The van der Waals surface area contributed by atoms with Gasteiger partial charge in [0.25, 0.3) is 0 Å². The Morgan fingerprint density at radius 1 is 1.03 bits per heavy atom. The number of benzene rings is 3. The molecule has 0 bridgehead atoms. The molecule has 0 fully saturated rings. The summed E-state index contributed by atoms with van der Waals surface area (Å²) < 4.78 is 6.90. The van der Waals surface area contributed by atoms with Crippen LogP contribution in [-0.4, -0.2) is 23.6 Å². The predicted octanol–water partition coefficient (Wildman–Crippen LogP) is 6.73. The second-order valence-electron chi connectivity index (χ2n) is 8.25. The third-order valence-electron chi connectivity index (χ3n) is 5.00. The Morgan fingerprint density at radius 3 is 2.52 bits per heavy atom. The molecule has 0 aliphatic heterocycles. The number of aryl methyl sites for hydroxylation is 1. The molecule has 1 N–H and O–H groups in total. The molecule has 1 aromatic heterocycles. The summed E-state index contributed by atoms with van der Waals surface area (Å²) in [5.41, 5.74) is 7.07. The van der Waals surface area contributed by atoms with Crippen molar-refractivity contribution >= 4 is 39.3 Å². The zero-order chi connectivity index (χ0) is 23.0. The molecule has 0 saturated carbocycles. The van der Waals surface area contributed by atoms with Gasteiger partial charge in [0.15, 0.2) is 10.8 Å². The van der Waals surface area contributed by atoms with Gasteiger partial charge in [0, 0.05) is 0 Å². The number of aliphatic imine (C=N–C) groups is 1. The van der Waals surface area contributed by atoms with Gasteiger partial charge in [-0.1, -0.05) is 43.7 Å². The van der Waals surface area contributed by atoms with Crippen molar-refractivity contribution in [3.8, 4) is 5.75 Å². The average Bonchev–Trinajstić information content (AvgIpc) is 3.25. The molecule has 0 aliphatic rings. The van der Waals surface area contributed by atoms with Gasteiger partial charge in [-0.15, -0.1) is 11.3 Å². The van der Waals surface area contributed by atoms with Gasteiger partial charge in [-0.2, -0.15) is 5.10 Å². The number of hydrazone groups is 1. The van der Waals surface area contributed by atoms with Gasteiger partial charge in [-0.05, 0) is 73.4 Å². The van der Waals surface area contributed by atoms with Crippen LogP contribution in [0.4, 0.5) is 5.69 Å². The van der Waals surface area contributed by atoms with Gasteiger partial charge < -0.3 is 4.74 Å². The fourth-order valence-electron chi connectivity index (χ4n) is 3.07. The molecule has 0 amide bonds. The Kier molecular flexibility index (Phi) is 7.47. The van der Waals surface area contributed by atoms with Crippen LogP contribution in [-0.2, 0) is 0 Å². The first-order valence-corrected chi connectivity index (χ1v) is 11.9. The molecule has 0 unspecified atom stereocenters. The van der Waals surface area contributed by atoms with Crippen molar-refractivity contribution in [1.29, 1.82) is 0 Å². The van der Waals surface area contributed by atoms with E-state index in [1.165, 1.54) is 5.56 Å². The van der Waals surface area contributed by atoms with Gasteiger partial charge in [0.2, 0.25) is 0 Å². The van der Waals surface area contributed by atoms with Crippen LogP contribution < -0.4 is 10.2 Å². The summed E-state index contributed by atoms with van der Waals surface area (Å²) in [5, 5.41) is 5.23. The molecule has 33 heavy (non-hydrogen) atoms. The SMILES string of the molecule is Cc1ccc(N=C(N/N=C/c2ccc(OCCC(C)C)cc2)c2nc3ccccc3s2)cc1. The summed E-state index contributed by atoms with van der Waals surface area (Å²) in [5.74, 6) is 2.12. The standard InChI is InChI=1S/C27H28N4OS/c1-19(2)16-17-32-23-14-10-21(11-15-23)18-28-31-26(29-22-12-8-20(3)9-13-22)27-30-24-6-4-5-7-25(24)33-27/h4-15,18-19H,16-17H2,1-3H3,(H,29,31)/b28-18+. The summed E-state index contributed by atoms with van der Waals surface area (Å²) in [4.78, 5) is 9.52. The minimum Gasteiger partial charge on any atom is -0.494 e. The highest BCUT2D eigenvalue weighted by Crippen LogP contribution is 2.23. The molecule has 0 saturated heterocycles. The number of aromatic nitrogens is 1. The van der Waals surface area contributed by atoms with Crippen molar-refractivity contribution in [2.75, 3.05) is 6.61 Å². The van der Waals surface area contributed by atoms with E-state index in [0.29, 0.717) is 11.8 Å². The van der Waals surface area contributed by atoms with Crippen LogP contribution in [0.2, 0.25) is 0 Å². The second-order valence-corrected chi connectivity index (χ2v) is 9.28. The van der Waals surface area contributed by atoms with Crippen molar-refractivity contribution in [1.82, 2.24) is 10.4 Å². The highest BCUT2D eigenvalue weighted by atomic mass is 32.1. The smallest absolute Gasteiger partial charge is 0.183 e. The highest BCUT2D eigenvalue weighted by Gasteiger charge is 2.10. The predicted molar refractivity (Wildman–Crippen MR) is 139 cm³/mol. The van der Waals surface area contributed by atoms with Crippen LogP contribution in [0.1, 0.15) is 36.4 Å². The van der Waals surface area contributed by atoms with E-state index in [0.717, 1.165) is 45.3 Å². The first-order valence-electron chi connectivity index (χ1n) is 11.1. The van der Waals surface area contributed by atoms with E-state index in [2.05, 4.69) is 37.4 Å². The largest absolute Gasteiger partial charge is 0.494 e. The normalized spacial score (nSPS) is 12.1. The van der Waals surface area contributed by atoms with E-state index in [4.69, 9.17) is 14.7 Å². The maximum atomic E-state index is 5.79. The molecule has 168 valence electrons. The Morgan fingerprint density at radius 2 is 1.79 bits per heavy atom. The van der Waals surface area contributed by atoms with Crippen LogP contribution >= 0.6 is 11.3 Å². The third kappa shape index (κ3) is 6.49. The van der Waals surface area contributed by atoms with E-state index >= 15 is 0 Å². The Labute approximate surface area is 198 Å². The van der Waals surface area contributed by atoms with Crippen molar-refractivity contribution < 1.29 is 4.74 Å². The lowest BCUT2D eigenvalue weighted by Crippen LogP contribution is -2.18. The summed E-state index contributed by atoms with van der Waals surface area (Å²) in [6.07, 6.45) is 2.82. The van der Waals surface area contributed by atoms with Gasteiger partial charge in [-0.3, -0.25) is 5.43 Å². The molecule has 0 atom stereocenters. The molecule has 3 aromatic carbocycles. The Hall–Kier alpha value is -3.51. The number of rotatable bonds is 8. The first-order chi connectivity index (χ1) is 16.1. The molecular weight excluding hydrogens is 428 g/mol. The lowest BCUT2D eigenvalue weighted by molar-refractivity contribution is 0.289. The quantitative estimate of drug-likeness (QED) is 0.182. The maximum Gasteiger partial charge on any atom is 0.183 e. The highest BCUT2D eigenvalue weighted by molar-refractivity contribution is 7.20. The zero-order valence-electron chi connectivity index (χ0n) is 19.2. The second kappa shape index (κ2) is 10.9. The lowest BCUT2D eigenvalue weighted by Gasteiger charge is -2.08. The summed E-state index contributed by atoms with van der Waals surface area (Å²) in [6, 6.07) is 24.1. The van der Waals surface area contributed by atoms with E-state index in [9.17, 15) is 0 Å². The van der Waals surface area contributed by atoms with Crippen LogP contribution in [0.5, 0.6) is 5.75 Å². The fraction of sp³-hybridized carbons (Fsp3) is 0.222. The molecule has 4 aromatic rings. The van der Waals surface area contributed by atoms with Crippen molar-refractivity contribution in [2.24, 2.45) is 16.0 Å². The minimum atomic E-state index is 0.616. The van der Waals surface area contributed by atoms with Crippen LogP contribution in [0.3, 0.4) is 0 Å². The molecular formula is C27H28N4OS. The van der Waals surface area contributed by atoms with Crippen LogP contribution in [0.15, 0.2) is 82.9 Å². The molecule has 1 heterocycles. The lowest BCUT2D eigenvalue weighted by atomic mass is 10.1. The molecule has 5 nitrogen and oxygen atoms in total. The number of nitrogens with one attached hydrogen (secondary N) is 1. The molecule has 6 heteroatoms. The van der Waals surface area contributed by atoms with E-state index in [-0.39, 0.29) is 0 Å². The van der Waals surface area contributed by atoms with E-state index in [1.54, 1.807) is 17.6 Å². The number of fused-ring (bicyclic) bond motifs is 1. The monoisotopic (exact) mass is 456 g/mol. The molecule has 0 radical (unpaired) electrons. The van der Waals surface area contributed by atoms with Crippen LogP contribution in [0, 0.1) is 12.8 Å². The third-order valence-corrected chi connectivity index (χ3v) is 6.04. The van der Waals surface area contributed by atoms with Crippen molar-refractivity contribution in [3.05, 3.63) is 88.9 Å². The van der Waals surface area contributed by atoms with Crippen LogP contribution in [0.25, 0.3) is 10.2 Å². The number of hydrogen-bond acceptors (Lipinski definition) is 5. The van der Waals surface area contributed by atoms with Crippen molar-refractivity contribution in [2.45, 2.75) is 27.2 Å². The van der Waals surface area contributed by atoms with Gasteiger partial charge in [-0.25, -0.2) is 9.98 Å². The average molecular weight is 457 g/mol. The Bertz CT molecular complexity index is 1210. The Balaban J connectivity index is 1.50.